The standard InChI is InChI=1S/C19H18F4N2O7S/c20-12-5-6-14(13(7-12)19(21,22)23)25-33(30,31)9-10-1-3-11(4-2-10)18(29)32-8-15(26)16(27)17(24)28/h1-7,15-16,25-27H,8-9H2,(H2,24,28). The number of hydrogen-bond acceptors (Lipinski definition) is 7. The van der Waals surface area contributed by atoms with Crippen LogP contribution >= 0.6 is 0 Å². The van der Waals surface area contributed by atoms with Crippen molar-refractivity contribution in [3.8, 4) is 0 Å². The quantitative estimate of drug-likeness (QED) is 0.301. The van der Waals surface area contributed by atoms with Gasteiger partial charge < -0.3 is 20.7 Å². The topological polar surface area (TPSA) is 156 Å². The average molecular weight is 494 g/mol. The van der Waals surface area contributed by atoms with E-state index in [-0.39, 0.29) is 17.2 Å². The number of nitrogens with two attached hydrogens (primary N) is 1. The van der Waals surface area contributed by atoms with E-state index in [4.69, 9.17) is 10.5 Å². The first-order valence-electron chi connectivity index (χ1n) is 8.98. The van der Waals surface area contributed by atoms with Crippen LogP contribution in [0.4, 0.5) is 23.2 Å². The average Bonchev–Trinajstić information content (AvgIpc) is 2.71. The summed E-state index contributed by atoms with van der Waals surface area (Å²) in [6.07, 6.45) is -8.70. The van der Waals surface area contributed by atoms with Crippen LogP contribution in [0.25, 0.3) is 0 Å². The fraction of sp³-hybridized carbons (Fsp3) is 0.263. The van der Waals surface area contributed by atoms with E-state index < -0.39 is 69.7 Å². The van der Waals surface area contributed by atoms with E-state index >= 15 is 0 Å². The number of alkyl halides is 3. The van der Waals surface area contributed by atoms with Crippen molar-refractivity contribution in [3.05, 3.63) is 65.0 Å². The molecule has 2 atom stereocenters. The molecule has 0 saturated heterocycles. The zero-order valence-electron chi connectivity index (χ0n) is 16.5. The van der Waals surface area contributed by atoms with Crippen LogP contribution in [0.5, 0.6) is 0 Å². The Hall–Kier alpha value is -3.23. The molecule has 180 valence electrons. The lowest BCUT2D eigenvalue weighted by molar-refractivity contribution is -0.137. The first kappa shape index (κ1) is 26.0. The summed E-state index contributed by atoms with van der Waals surface area (Å²) < 4.78 is 83.4. The number of anilines is 1. The number of amides is 1. The van der Waals surface area contributed by atoms with Gasteiger partial charge in [-0.1, -0.05) is 12.1 Å². The predicted octanol–water partition coefficient (Wildman–Crippen LogP) is 1.15. The summed E-state index contributed by atoms with van der Waals surface area (Å²) in [6.45, 7) is -0.748. The summed E-state index contributed by atoms with van der Waals surface area (Å²) >= 11 is 0. The van der Waals surface area contributed by atoms with E-state index in [0.29, 0.717) is 12.1 Å². The lowest BCUT2D eigenvalue weighted by atomic mass is 10.1. The Morgan fingerprint density at radius 2 is 1.70 bits per heavy atom. The number of carbonyl (C=O) groups is 2. The summed E-state index contributed by atoms with van der Waals surface area (Å²) in [4.78, 5) is 22.7. The molecular formula is C19H18F4N2O7S. The molecule has 2 unspecified atom stereocenters. The normalized spacial score (nSPS) is 13.8. The number of carbonyl (C=O) groups excluding carboxylic acids is 2. The summed E-state index contributed by atoms with van der Waals surface area (Å²) in [7, 11) is -4.35. The van der Waals surface area contributed by atoms with Crippen LogP contribution in [0.2, 0.25) is 0 Å². The zero-order chi connectivity index (χ0) is 25.0. The highest BCUT2D eigenvalue weighted by atomic mass is 32.2. The number of rotatable bonds is 9. The van der Waals surface area contributed by atoms with Crippen LogP contribution < -0.4 is 10.5 Å². The Morgan fingerprint density at radius 1 is 1.09 bits per heavy atom. The van der Waals surface area contributed by atoms with Gasteiger partial charge in [0.15, 0.2) is 6.10 Å². The number of ether oxygens (including phenoxy) is 1. The number of benzene rings is 2. The van der Waals surface area contributed by atoms with Gasteiger partial charge in [0.1, 0.15) is 18.5 Å². The van der Waals surface area contributed by atoms with Crippen LogP contribution in [0.15, 0.2) is 42.5 Å². The van der Waals surface area contributed by atoms with E-state index in [1.165, 1.54) is 12.1 Å². The molecule has 2 aromatic rings. The maximum absolute atomic E-state index is 13.2. The highest BCUT2D eigenvalue weighted by molar-refractivity contribution is 7.91. The maximum Gasteiger partial charge on any atom is 0.418 e. The molecular weight excluding hydrogens is 476 g/mol. The molecule has 0 spiro atoms. The van der Waals surface area contributed by atoms with Gasteiger partial charge >= 0.3 is 12.1 Å². The molecule has 0 aliphatic rings. The van der Waals surface area contributed by atoms with E-state index in [2.05, 4.69) is 0 Å². The Labute approximate surface area is 184 Å². The first-order chi connectivity index (χ1) is 15.2. The Morgan fingerprint density at radius 3 is 2.24 bits per heavy atom. The van der Waals surface area contributed by atoms with E-state index in [1.54, 1.807) is 4.72 Å². The van der Waals surface area contributed by atoms with Crippen molar-refractivity contribution >= 4 is 27.6 Å². The Bertz CT molecular complexity index is 1120. The van der Waals surface area contributed by atoms with Crippen LogP contribution in [0.3, 0.4) is 0 Å². The second-order valence-electron chi connectivity index (χ2n) is 6.76. The third-order valence-electron chi connectivity index (χ3n) is 4.14. The number of aliphatic hydroxyl groups is 2. The van der Waals surface area contributed by atoms with Gasteiger partial charge in [0.05, 0.1) is 22.6 Å². The molecule has 2 aromatic carbocycles. The van der Waals surface area contributed by atoms with Crippen molar-refractivity contribution in [2.24, 2.45) is 5.73 Å². The fourth-order valence-corrected chi connectivity index (χ4v) is 3.74. The van der Waals surface area contributed by atoms with E-state index in [9.17, 15) is 45.8 Å². The first-order valence-corrected chi connectivity index (χ1v) is 10.6. The summed E-state index contributed by atoms with van der Waals surface area (Å²) in [6, 6.07) is 6.19. The van der Waals surface area contributed by atoms with Crippen molar-refractivity contribution in [2.75, 3.05) is 11.3 Å². The van der Waals surface area contributed by atoms with Crippen molar-refractivity contribution in [1.29, 1.82) is 0 Å². The molecule has 0 aromatic heterocycles. The van der Waals surface area contributed by atoms with Crippen LogP contribution in [-0.4, -0.2) is 49.3 Å². The van der Waals surface area contributed by atoms with Gasteiger partial charge in [0.25, 0.3) is 0 Å². The molecule has 5 N–H and O–H groups in total. The molecule has 2 rings (SSSR count). The van der Waals surface area contributed by atoms with Gasteiger partial charge in [-0.05, 0) is 35.9 Å². The fourth-order valence-electron chi connectivity index (χ4n) is 2.53. The van der Waals surface area contributed by atoms with Gasteiger partial charge in [-0.15, -0.1) is 0 Å². The molecule has 0 saturated carbocycles. The lowest BCUT2D eigenvalue weighted by Gasteiger charge is -2.15. The largest absolute Gasteiger partial charge is 0.459 e. The van der Waals surface area contributed by atoms with Gasteiger partial charge in [-0.2, -0.15) is 13.2 Å². The Balaban J connectivity index is 2.06. The van der Waals surface area contributed by atoms with E-state index in [0.717, 1.165) is 12.1 Å². The van der Waals surface area contributed by atoms with Crippen molar-refractivity contribution < 1.29 is 50.5 Å². The number of sulfonamides is 1. The molecule has 0 fully saturated rings. The third kappa shape index (κ3) is 7.40. The minimum atomic E-state index is -5.00. The summed E-state index contributed by atoms with van der Waals surface area (Å²) in [5.41, 5.74) is 2.47. The van der Waals surface area contributed by atoms with Crippen molar-refractivity contribution in [1.82, 2.24) is 0 Å². The van der Waals surface area contributed by atoms with Gasteiger partial charge in [0, 0.05) is 0 Å². The monoisotopic (exact) mass is 494 g/mol. The highest BCUT2D eigenvalue weighted by Crippen LogP contribution is 2.35. The zero-order valence-corrected chi connectivity index (χ0v) is 17.4. The van der Waals surface area contributed by atoms with Gasteiger partial charge in [-0.3, -0.25) is 9.52 Å². The second-order valence-corrected chi connectivity index (χ2v) is 8.48. The van der Waals surface area contributed by atoms with Crippen molar-refractivity contribution in [3.63, 3.8) is 0 Å². The summed E-state index contributed by atoms with van der Waals surface area (Å²) in [5, 5.41) is 18.7. The van der Waals surface area contributed by atoms with Gasteiger partial charge in [0.2, 0.25) is 15.9 Å². The van der Waals surface area contributed by atoms with Crippen molar-refractivity contribution in [2.45, 2.75) is 24.1 Å². The number of aliphatic hydroxyl groups excluding tert-OH is 2. The molecule has 9 nitrogen and oxygen atoms in total. The number of halogens is 4. The van der Waals surface area contributed by atoms with Gasteiger partial charge in [-0.25, -0.2) is 17.6 Å². The third-order valence-corrected chi connectivity index (χ3v) is 5.38. The number of primary amides is 1. The molecule has 0 aliphatic heterocycles. The van der Waals surface area contributed by atoms with Crippen LogP contribution in [-0.2, 0) is 31.5 Å². The Kier molecular flexibility index (Phi) is 8.00. The molecule has 0 bridgehead atoms. The van der Waals surface area contributed by atoms with Crippen LogP contribution in [0.1, 0.15) is 21.5 Å². The molecule has 1 amide bonds. The molecule has 0 radical (unpaired) electrons. The highest BCUT2D eigenvalue weighted by Gasteiger charge is 2.35. The smallest absolute Gasteiger partial charge is 0.418 e. The predicted molar refractivity (Wildman–Crippen MR) is 106 cm³/mol. The lowest BCUT2D eigenvalue weighted by Crippen LogP contribution is -2.41. The molecule has 14 heteroatoms. The minimum absolute atomic E-state index is 0.0808. The van der Waals surface area contributed by atoms with E-state index in [1.807, 2.05) is 0 Å². The minimum Gasteiger partial charge on any atom is -0.459 e. The maximum atomic E-state index is 13.2. The molecule has 33 heavy (non-hydrogen) atoms. The van der Waals surface area contributed by atoms with Crippen LogP contribution in [0, 0.1) is 5.82 Å². The summed E-state index contributed by atoms with van der Waals surface area (Å²) in [5.74, 6) is -4.15. The number of nitrogens with one attached hydrogen (secondary N) is 1. The second kappa shape index (κ2) is 10.1. The number of esters is 1. The molecule has 0 aliphatic carbocycles. The SMILES string of the molecule is NC(=O)C(O)C(O)COC(=O)c1ccc(CS(=O)(=O)Nc2ccc(F)cc2C(F)(F)F)cc1. The molecule has 0 heterocycles. The number of hydrogen-bond donors (Lipinski definition) is 4.